The maximum atomic E-state index is 12.4. The highest BCUT2D eigenvalue weighted by atomic mass is 32.2. The number of amides is 2. The molecule has 2 aromatic carbocycles. The van der Waals surface area contributed by atoms with Gasteiger partial charge in [0.05, 0.1) is 5.69 Å². The van der Waals surface area contributed by atoms with Crippen molar-refractivity contribution in [2.24, 2.45) is 0 Å². The van der Waals surface area contributed by atoms with E-state index in [1.165, 1.54) is 24.3 Å². The number of anilines is 2. The first kappa shape index (κ1) is 23.1. The third-order valence-electron chi connectivity index (χ3n) is 4.26. The van der Waals surface area contributed by atoms with E-state index in [0.29, 0.717) is 28.8 Å². The summed E-state index contributed by atoms with van der Waals surface area (Å²) in [5.41, 5.74) is -2.65. The van der Waals surface area contributed by atoms with E-state index in [4.69, 9.17) is 4.74 Å². The van der Waals surface area contributed by atoms with Crippen LogP contribution < -0.4 is 15.4 Å². The SMILES string of the molecule is Cc1ccn(-c2ccc(Oc3ccc(NC(=O)Nc4ccc(SC(F)(F)F)cc4)cc3)nn2)n1. The molecule has 0 saturated heterocycles. The van der Waals surface area contributed by atoms with Gasteiger partial charge in [-0.3, -0.25) is 0 Å². The van der Waals surface area contributed by atoms with Crippen LogP contribution in [0.3, 0.4) is 0 Å². The first-order chi connectivity index (χ1) is 16.2. The molecule has 0 radical (unpaired) electrons. The van der Waals surface area contributed by atoms with Crippen molar-refractivity contribution < 1.29 is 22.7 Å². The fraction of sp³-hybridized carbons (Fsp3) is 0.0909. The van der Waals surface area contributed by atoms with Crippen LogP contribution in [-0.4, -0.2) is 31.5 Å². The molecule has 34 heavy (non-hydrogen) atoms. The van der Waals surface area contributed by atoms with Crippen LogP contribution in [0, 0.1) is 6.92 Å². The largest absolute Gasteiger partial charge is 0.446 e. The van der Waals surface area contributed by atoms with Gasteiger partial charge in [0.15, 0.2) is 5.82 Å². The molecule has 0 aliphatic rings. The van der Waals surface area contributed by atoms with Crippen molar-refractivity contribution in [3.8, 4) is 17.4 Å². The summed E-state index contributed by atoms with van der Waals surface area (Å²) in [4.78, 5) is 12.2. The maximum Gasteiger partial charge on any atom is 0.446 e. The molecule has 2 N–H and O–H groups in total. The zero-order chi connectivity index (χ0) is 24.1. The molecular formula is C22H17F3N6O2S. The van der Waals surface area contributed by atoms with Gasteiger partial charge < -0.3 is 15.4 Å². The van der Waals surface area contributed by atoms with Crippen LogP contribution in [0.5, 0.6) is 11.6 Å². The van der Waals surface area contributed by atoms with Crippen molar-refractivity contribution in [1.29, 1.82) is 0 Å². The number of carbonyl (C=O) groups excluding carboxylic acids is 1. The molecule has 4 rings (SSSR count). The average Bonchev–Trinajstić information content (AvgIpc) is 3.22. The van der Waals surface area contributed by atoms with Gasteiger partial charge in [-0.15, -0.1) is 10.2 Å². The predicted octanol–water partition coefficient (Wildman–Crippen LogP) is 6.02. The van der Waals surface area contributed by atoms with Crippen LogP contribution in [0.1, 0.15) is 5.69 Å². The number of aromatic nitrogens is 4. The first-order valence-corrected chi connectivity index (χ1v) is 10.6. The Kier molecular flexibility index (Phi) is 6.68. The third-order valence-corrected chi connectivity index (χ3v) is 5.00. The van der Waals surface area contributed by atoms with Gasteiger partial charge in [0.1, 0.15) is 5.75 Å². The van der Waals surface area contributed by atoms with Crippen LogP contribution >= 0.6 is 11.8 Å². The Labute approximate surface area is 196 Å². The second-order valence-corrected chi connectivity index (χ2v) is 8.05. The number of aryl methyl sites for hydroxylation is 1. The average molecular weight is 486 g/mol. The molecular weight excluding hydrogens is 469 g/mol. The molecule has 0 saturated carbocycles. The minimum atomic E-state index is -4.36. The lowest BCUT2D eigenvalue weighted by molar-refractivity contribution is -0.0328. The zero-order valence-corrected chi connectivity index (χ0v) is 18.4. The summed E-state index contributed by atoms with van der Waals surface area (Å²) in [6.07, 6.45) is 1.78. The highest BCUT2D eigenvalue weighted by Gasteiger charge is 2.29. The highest BCUT2D eigenvalue weighted by molar-refractivity contribution is 8.00. The number of nitrogens with zero attached hydrogens (tertiary/aromatic N) is 4. The van der Waals surface area contributed by atoms with Gasteiger partial charge in [-0.25, -0.2) is 9.48 Å². The molecule has 0 aliphatic heterocycles. The van der Waals surface area contributed by atoms with E-state index in [9.17, 15) is 18.0 Å². The Bertz CT molecular complexity index is 1260. The summed E-state index contributed by atoms with van der Waals surface area (Å²) >= 11 is -0.219. The Morgan fingerprint density at radius 1 is 0.912 bits per heavy atom. The van der Waals surface area contributed by atoms with Crippen LogP contribution in [0.15, 0.2) is 77.8 Å². The number of hydrogen-bond acceptors (Lipinski definition) is 6. The van der Waals surface area contributed by atoms with Gasteiger partial charge in [0, 0.05) is 28.5 Å². The van der Waals surface area contributed by atoms with Gasteiger partial charge in [0.2, 0.25) is 5.88 Å². The Morgan fingerprint density at radius 2 is 1.56 bits per heavy atom. The number of thioether (sulfide) groups is 1. The van der Waals surface area contributed by atoms with Crippen molar-refractivity contribution in [2.75, 3.05) is 10.6 Å². The molecule has 0 unspecified atom stereocenters. The van der Waals surface area contributed by atoms with Gasteiger partial charge in [0.25, 0.3) is 0 Å². The van der Waals surface area contributed by atoms with Crippen molar-refractivity contribution >= 4 is 29.2 Å². The normalized spacial score (nSPS) is 11.2. The number of benzene rings is 2. The molecule has 8 nitrogen and oxygen atoms in total. The molecule has 12 heteroatoms. The predicted molar refractivity (Wildman–Crippen MR) is 121 cm³/mol. The summed E-state index contributed by atoms with van der Waals surface area (Å²) in [6.45, 7) is 1.88. The molecule has 4 aromatic rings. The fourth-order valence-corrected chi connectivity index (χ4v) is 3.33. The lowest BCUT2D eigenvalue weighted by atomic mass is 10.3. The second-order valence-electron chi connectivity index (χ2n) is 6.91. The van der Waals surface area contributed by atoms with Crippen molar-refractivity contribution in [2.45, 2.75) is 17.3 Å². The molecule has 2 aromatic heterocycles. The van der Waals surface area contributed by atoms with E-state index < -0.39 is 11.5 Å². The Balaban J connectivity index is 1.30. The molecule has 0 aliphatic carbocycles. The quantitative estimate of drug-likeness (QED) is 0.324. The third kappa shape index (κ3) is 6.48. The fourth-order valence-electron chi connectivity index (χ4n) is 2.79. The molecule has 0 atom stereocenters. The monoisotopic (exact) mass is 486 g/mol. The number of ether oxygens (including phenoxy) is 1. The highest BCUT2D eigenvalue weighted by Crippen LogP contribution is 2.37. The van der Waals surface area contributed by atoms with Crippen molar-refractivity contribution in [3.63, 3.8) is 0 Å². The molecule has 0 fully saturated rings. The second kappa shape index (κ2) is 9.83. The lowest BCUT2D eigenvalue weighted by Crippen LogP contribution is -2.19. The number of alkyl halides is 3. The number of urea groups is 1. The van der Waals surface area contributed by atoms with Crippen LogP contribution in [0.25, 0.3) is 5.82 Å². The molecule has 174 valence electrons. The number of hydrogen-bond donors (Lipinski definition) is 2. The number of rotatable bonds is 6. The summed E-state index contributed by atoms with van der Waals surface area (Å²) in [6, 6.07) is 16.6. The molecule has 0 bridgehead atoms. The van der Waals surface area contributed by atoms with Crippen molar-refractivity contribution in [1.82, 2.24) is 20.0 Å². The van der Waals surface area contributed by atoms with Gasteiger partial charge in [-0.05, 0) is 79.3 Å². The zero-order valence-electron chi connectivity index (χ0n) is 17.6. The van der Waals surface area contributed by atoms with E-state index >= 15 is 0 Å². The topological polar surface area (TPSA) is 94.0 Å². The molecule has 2 heterocycles. The minimum absolute atomic E-state index is 0.0323. The first-order valence-electron chi connectivity index (χ1n) is 9.82. The molecule has 0 spiro atoms. The standard InChI is InChI=1S/C22H17F3N6O2S/c1-14-12-13-31(30-14)19-10-11-20(29-28-19)33-17-6-2-15(3-7-17)26-21(32)27-16-4-8-18(9-5-16)34-22(23,24)25/h2-13H,1H3,(H2,26,27,32). The maximum absolute atomic E-state index is 12.4. The summed E-state index contributed by atoms with van der Waals surface area (Å²) in [5.74, 6) is 1.33. The van der Waals surface area contributed by atoms with E-state index in [-0.39, 0.29) is 16.7 Å². The van der Waals surface area contributed by atoms with Crippen LogP contribution in [0.2, 0.25) is 0 Å². The summed E-state index contributed by atoms with van der Waals surface area (Å²) < 4.78 is 44.4. The van der Waals surface area contributed by atoms with E-state index in [1.807, 2.05) is 13.0 Å². The lowest BCUT2D eigenvalue weighted by Gasteiger charge is -2.10. The van der Waals surface area contributed by atoms with Gasteiger partial charge in [-0.2, -0.15) is 18.3 Å². The smallest absolute Gasteiger partial charge is 0.438 e. The number of nitrogens with one attached hydrogen (secondary N) is 2. The van der Waals surface area contributed by atoms with Crippen LogP contribution in [-0.2, 0) is 0 Å². The van der Waals surface area contributed by atoms with E-state index in [2.05, 4.69) is 25.9 Å². The molecule has 2 amide bonds. The number of halogens is 3. The van der Waals surface area contributed by atoms with Gasteiger partial charge >= 0.3 is 11.5 Å². The van der Waals surface area contributed by atoms with Gasteiger partial charge in [-0.1, -0.05) is 0 Å². The number of carbonyl (C=O) groups is 1. The summed E-state index contributed by atoms with van der Waals surface area (Å²) in [5, 5.41) is 17.6. The van der Waals surface area contributed by atoms with E-state index in [1.54, 1.807) is 47.3 Å². The minimum Gasteiger partial charge on any atom is -0.438 e. The van der Waals surface area contributed by atoms with Crippen molar-refractivity contribution in [3.05, 3.63) is 78.6 Å². The Hall–Kier alpha value is -4.06. The van der Waals surface area contributed by atoms with Crippen LogP contribution in [0.4, 0.5) is 29.3 Å². The summed E-state index contributed by atoms with van der Waals surface area (Å²) in [7, 11) is 0. The Morgan fingerprint density at radius 3 is 2.09 bits per heavy atom. The van der Waals surface area contributed by atoms with E-state index in [0.717, 1.165) is 5.69 Å².